The maximum Gasteiger partial charge on any atom is 0.0580 e. The van der Waals surface area contributed by atoms with Crippen LogP contribution in [0.3, 0.4) is 0 Å². The highest BCUT2D eigenvalue weighted by molar-refractivity contribution is 5.15. The molecule has 0 aromatic heterocycles. The van der Waals surface area contributed by atoms with Crippen LogP contribution in [0.15, 0.2) is 30.3 Å². The molecule has 1 rings (SSSR count). The molecule has 0 aliphatic heterocycles. The van der Waals surface area contributed by atoms with Crippen molar-refractivity contribution in [2.45, 2.75) is 70.8 Å². The molecule has 102 valence electrons. The predicted molar refractivity (Wildman–Crippen MR) is 78.8 cm³/mol. The maximum atomic E-state index is 9.94. The van der Waals surface area contributed by atoms with Crippen molar-refractivity contribution >= 4 is 0 Å². The minimum Gasteiger partial charge on any atom is -0.393 e. The van der Waals surface area contributed by atoms with E-state index in [4.69, 9.17) is 0 Å². The number of rotatable bonds is 10. The largest absolute Gasteiger partial charge is 0.393 e. The maximum absolute atomic E-state index is 9.94. The van der Waals surface area contributed by atoms with E-state index in [1.807, 2.05) is 18.2 Å². The molecule has 1 N–H and O–H groups in total. The summed E-state index contributed by atoms with van der Waals surface area (Å²) in [5.41, 5.74) is 1.24. The Morgan fingerprint density at radius 1 is 0.889 bits per heavy atom. The van der Waals surface area contributed by atoms with Crippen LogP contribution in [0.4, 0.5) is 0 Å². The van der Waals surface area contributed by atoms with Gasteiger partial charge in [0.25, 0.3) is 0 Å². The van der Waals surface area contributed by atoms with Crippen LogP contribution in [0, 0.1) is 0 Å². The number of hydrogen-bond acceptors (Lipinski definition) is 1. The average molecular weight is 248 g/mol. The van der Waals surface area contributed by atoms with Gasteiger partial charge in [0.1, 0.15) is 0 Å². The number of unbranched alkanes of at least 4 members (excludes halogenated alkanes) is 6. The van der Waals surface area contributed by atoms with Gasteiger partial charge >= 0.3 is 0 Å². The van der Waals surface area contributed by atoms with Gasteiger partial charge in [0, 0.05) is 0 Å². The van der Waals surface area contributed by atoms with Crippen molar-refractivity contribution in [3.63, 3.8) is 0 Å². The fraction of sp³-hybridized carbons (Fsp3) is 0.647. The first-order valence-corrected chi connectivity index (χ1v) is 7.55. The zero-order chi connectivity index (χ0) is 13.1. The van der Waals surface area contributed by atoms with E-state index in [0.29, 0.717) is 0 Å². The van der Waals surface area contributed by atoms with Gasteiger partial charge < -0.3 is 5.11 Å². The van der Waals surface area contributed by atoms with Crippen molar-refractivity contribution in [1.82, 2.24) is 0 Å². The van der Waals surface area contributed by atoms with E-state index in [9.17, 15) is 5.11 Å². The van der Waals surface area contributed by atoms with Crippen LogP contribution in [0.2, 0.25) is 0 Å². The van der Waals surface area contributed by atoms with Gasteiger partial charge in [-0.2, -0.15) is 0 Å². The molecule has 0 bridgehead atoms. The van der Waals surface area contributed by atoms with Crippen molar-refractivity contribution < 1.29 is 5.11 Å². The summed E-state index contributed by atoms with van der Waals surface area (Å²) in [6, 6.07) is 10.3. The van der Waals surface area contributed by atoms with Crippen LogP contribution in [-0.2, 0) is 6.42 Å². The van der Waals surface area contributed by atoms with Gasteiger partial charge in [0.05, 0.1) is 6.10 Å². The third kappa shape index (κ3) is 7.50. The number of aliphatic hydroxyl groups is 1. The van der Waals surface area contributed by atoms with E-state index < -0.39 is 0 Å². The zero-order valence-corrected chi connectivity index (χ0v) is 11.8. The van der Waals surface area contributed by atoms with E-state index in [-0.39, 0.29) is 6.10 Å². The summed E-state index contributed by atoms with van der Waals surface area (Å²) in [6.45, 7) is 2.25. The Morgan fingerprint density at radius 2 is 1.50 bits per heavy atom. The molecule has 18 heavy (non-hydrogen) atoms. The zero-order valence-electron chi connectivity index (χ0n) is 11.8. The Hall–Kier alpha value is -0.820. The fourth-order valence-corrected chi connectivity index (χ4v) is 2.33. The van der Waals surface area contributed by atoms with Crippen LogP contribution in [0.25, 0.3) is 0 Å². The fourth-order valence-electron chi connectivity index (χ4n) is 2.33. The molecule has 0 aliphatic carbocycles. The molecule has 0 aliphatic rings. The molecule has 1 heteroatoms. The lowest BCUT2D eigenvalue weighted by molar-refractivity contribution is 0.161. The Balaban J connectivity index is 1.99. The van der Waals surface area contributed by atoms with Crippen molar-refractivity contribution in [2.75, 3.05) is 0 Å². The smallest absolute Gasteiger partial charge is 0.0580 e. The van der Waals surface area contributed by atoms with Gasteiger partial charge in [-0.15, -0.1) is 0 Å². The number of hydrogen-bond donors (Lipinski definition) is 1. The first-order valence-electron chi connectivity index (χ1n) is 7.55. The van der Waals surface area contributed by atoms with E-state index in [0.717, 1.165) is 12.8 Å². The second-order valence-electron chi connectivity index (χ2n) is 5.25. The molecular formula is C17H28O. The lowest BCUT2D eigenvalue weighted by Gasteiger charge is -2.10. The Labute approximate surface area is 112 Å². The molecule has 1 aromatic rings. The highest BCUT2D eigenvalue weighted by Gasteiger charge is 2.04. The second-order valence-corrected chi connectivity index (χ2v) is 5.25. The minimum atomic E-state index is -0.164. The quantitative estimate of drug-likeness (QED) is 0.593. The molecule has 1 unspecified atom stereocenters. The summed E-state index contributed by atoms with van der Waals surface area (Å²) in [7, 11) is 0. The Bertz CT molecular complexity index is 281. The summed E-state index contributed by atoms with van der Waals surface area (Å²) >= 11 is 0. The van der Waals surface area contributed by atoms with Gasteiger partial charge in [0.2, 0.25) is 0 Å². The van der Waals surface area contributed by atoms with E-state index in [1.165, 1.54) is 50.5 Å². The standard InChI is InChI=1S/C17H28O/c1-2-3-4-5-6-7-11-14-17(18)15-16-12-9-8-10-13-16/h8-10,12-13,17-18H,2-7,11,14-15H2,1H3. The van der Waals surface area contributed by atoms with Crippen molar-refractivity contribution in [3.8, 4) is 0 Å². The molecule has 0 saturated heterocycles. The Kier molecular flexibility index (Phi) is 8.58. The van der Waals surface area contributed by atoms with Gasteiger partial charge in [-0.3, -0.25) is 0 Å². The molecule has 0 amide bonds. The summed E-state index contributed by atoms with van der Waals surface area (Å²) in [4.78, 5) is 0. The third-order valence-electron chi connectivity index (χ3n) is 3.46. The summed E-state index contributed by atoms with van der Waals surface area (Å²) in [6.07, 6.45) is 10.8. The van der Waals surface area contributed by atoms with E-state index in [2.05, 4.69) is 19.1 Å². The van der Waals surface area contributed by atoms with Gasteiger partial charge in [0.15, 0.2) is 0 Å². The van der Waals surface area contributed by atoms with Crippen LogP contribution in [0.1, 0.15) is 63.9 Å². The first kappa shape index (κ1) is 15.2. The summed E-state index contributed by atoms with van der Waals surface area (Å²) < 4.78 is 0. The molecule has 1 nitrogen and oxygen atoms in total. The number of aliphatic hydroxyl groups excluding tert-OH is 1. The van der Waals surface area contributed by atoms with Crippen LogP contribution in [-0.4, -0.2) is 11.2 Å². The van der Waals surface area contributed by atoms with Crippen molar-refractivity contribution in [1.29, 1.82) is 0 Å². The molecule has 0 fully saturated rings. The summed E-state index contributed by atoms with van der Waals surface area (Å²) in [5.74, 6) is 0. The molecule has 0 heterocycles. The van der Waals surface area contributed by atoms with Crippen molar-refractivity contribution in [3.05, 3.63) is 35.9 Å². The lowest BCUT2D eigenvalue weighted by atomic mass is 10.0. The minimum absolute atomic E-state index is 0.164. The molecule has 0 radical (unpaired) electrons. The van der Waals surface area contributed by atoms with E-state index in [1.54, 1.807) is 0 Å². The predicted octanol–water partition coefficient (Wildman–Crippen LogP) is 4.73. The topological polar surface area (TPSA) is 20.2 Å². The lowest BCUT2D eigenvalue weighted by Crippen LogP contribution is -2.10. The number of benzene rings is 1. The Morgan fingerprint density at radius 3 is 2.17 bits per heavy atom. The highest BCUT2D eigenvalue weighted by Crippen LogP contribution is 2.12. The van der Waals surface area contributed by atoms with E-state index >= 15 is 0 Å². The average Bonchev–Trinajstić information content (AvgIpc) is 2.39. The molecule has 0 saturated carbocycles. The highest BCUT2D eigenvalue weighted by atomic mass is 16.3. The first-order chi connectivity index (χ1) is 8.83. The van der Waals surface area contributed by atoms with Gasteiger partial charge in [-0.25, -0.2) is 0 Å². The van der Waals surface area contributed by atoms with Gasteiger partial charge in [-0.1, -0.05) is 82.2 Å². The molecular weight excluding hydrogens is 220 g/mol. The SMILES string of the molecule is CCCCCCCCCC(O)Cc1ccccc1. The van der Waals surface area contributed by atoms with Crippen LogP contribution >= 0.6 is 0 Å². The molecule has 0 spiro atoms. The normalized spacial score (nSPS) is 12.6. The molecule has 1 aromatic carbocycles. The van der Waals surface area contributed by atoms with Crippen LogP contribution in [0.5, 0.6) is 0 Å². The monoisotopic (exact) mass is 248 g/mol. The summed E-state index contributed by atoms with van der Waals surface area (Å²) in [5, 5.41) is 9.94. The van der Waals surface area contributed by atoms with Gasteiger partial charge in [-0.05, 0) is 18.4 Å². The second kappa shape index (κ2) is 10.1. The molecule has 1 atom stereocenters. The van der Waals surface area contributed by atoms with Crippen LogP contribution < -0.4 is 0 Å². The van der Waals surface area contributed by atoms with Crippen molar-refractivity contribution in [2.24, 2.45) is 0 Å². The third-order valence-corrected chi connectivity index (χ3v) is 3.46.